The Morgan fingerprint density at radius 1 is 0.679 bits per heavy atom. The van der Waals surface area contributed by atoms with Crippen molar-refractivity contribution in [1.29, 1.82) is 0 Å². The first-order valence-corrected chi connectivity index (χ1v) is 27.4. The number of Topliss-reactive ketones (excluding diaryl/α,β-unsaturated/α-hetero) is 2. The van der Waals surface area contributed by atoms with Crippen molar-refractivity contribution in [2.45, 2.75) is 248 Å². The Morgan fingerprint density at radius 3 is 1.78 bits per heavy atom. The van der Waals surface area contributed by atoms with Gasteiger partial charge in [-0.25, -0.2) is 0 Å². The van der Waals surface area contributed by atoms with Crippen LogP contribution in [-0.2, 0) is 77.6 Å². The third kappa shape index (κ3) is 13.8. The average Bonchev–Trinajstić information content (AvgIpc) is 3.56. The second kappa shape index (κ2) is 25.5. The molecule has 5 saturated heterocycles. The number of rotatable bonds is 17. The van der Waals surface area contributed by atoms with Gasteiger partial charge in [-0.05, 0) is 78.0 Å². The molecule has 2 aromatic carbocycles. The van der Waals surface area contributed by atoms with Gasteiger partial charge in [-0.2, -0.15) is 0 Å². The summed E-state index contributed by atoms with van der Waals surface area (Å²) in [5.41, 5.74) is -1.67. The first kappa shape index (κ1) is 62.7. The van der Waals surface area contributed by atoms with Gasteiger partial charge in [0.1, 0.15) is 65.6 Å². The molecular formula is C55H78O26. The van der Waals surface area contributed by atoms with E-state index in [0.717, 1.165) is 0 Å². The summed E-state index contributed by atoms with van der Waals surface area (Å²) in [5.74, 6) is -5.51. The molecule has 0 spiro atoms. The van der Waals surface area contributed by atoms with E-state index < -0.39 is 188 Å². The third-order valence-electron chi connectivity index (χ3n) is 16.0. The van der Waals surface area contributed by atoms with E-state index in [1.54, 1.807) is 27.7 Å². The van der Waals surface area contributed by atoms with Gasteiger partial charge in [0.15, 0.2) is 48.9 Å². The van der Waals surface area contributed by atoms with Gasteiger partial charge in [0, 0.05) is 65.0 Å². The molecule has 2 aromatic rings. The highest BCUT2D eigenvalue weighted by atomic mass is 16.7. The lowest BCUT2D eigenvalue weighted by Crippen LogP contribution is -2.59. The van der Waals surface area contributed by atoms with Crippen molar-refractivity contribution in [3.8, 4) is 17.2 Å². The number of aliphatic hydroxyl groups excluding tert-OH is 6. The Balaban J connectivity index is 1.03. The van der Waals surface area contributed by atoms with Crippen molar-refractivity contribution in [1.82, 2.24) is 0 Å². The maximum absolute atomic E-state index is 15.0. The van der Waals surface area contributed by atoms with E-state index in [0.29, 0.717) is 0 Å². The molecule has 0 aromatic heterocycles. The van der Waals surface area contributed by atoms with Crippen LogP contribution < -0.4 is 4.74 Å². The van der Waals surface area contributed by atoms with E-state index in [4.69, 9.17) is 61.6 Å². The molecule has 6 aliphatic rings. The van der Waals surface area contributed by atoms with Gasteiger partial charge in [-0.15, -0.1) is 0 Å². The lowest BCUT2D eigenvalue weighted by atomic mass is 9.75. The number of benzene rings is 2. The Labute approximate surface area is 467 Å². The van der Waals surface area contributed by atoms with Gasteiger partial charge in [-0.1, -0.05) is 0 Å². The minimum atomic E-state index is -1.96. The largest absolute Gasteiger partial charge is 0.507 e. The van der Waals surface area contributed by atoms with Crippen LogP contribution in [0.25, 0.3) is 10.8 Å². The van der Waals surface area contributed by atoms with E-state index in [9.17, 15) is 60.3 Å². The zero-order chi connectivity index (χ0) is 59.3. The number of hydrogen-bond donors (Lipinski definition) is 9. The number of phenols is 2. The van der Waals surface area contributed by atoms with Crippen molar-refractivity contribution < 1.29 is 127 Å². The fourth-order valence-electron chi connectivity index (χ4n) is 11.9. The lowest BCUT2D eigenvalue weighted by molar-refractivity contribution is -0.334. The molecule has 0 saturated carbocycles. The summed E-state index contributed by atoms with van der Waals surface area (Å²) in [6.07, 6.45) is -27.3. The van der Waals surface area contributed by atoms with Crippen LogP contribution in [0.2, 0.25) is 0 Å². The van der Waals surface area contributed by atoms with Crippen LogP contribution in [0.15, 0.2) is 18.2 Å². The predicted octanol–water partition coefficient (Wildman–Crippen LogP) is 0.584. The number of methoxy groups -OCH3 is 1. The maximum Gasteiger partial charge on any atom is 0.303 e. The minimum Gasteiger partial charge on any atom is -0.507 e. The summed E-state index contributed by atoms with van der Waals surface area (Å²) < 4.78 is 78.0. The molecular weight excluding hydrogens is 1080 g/mol. The number of esters is 2. The quantitative estimate of drug-likeness (QED) is 0.0979. The highest BCUT2D eigenvalue weighted by Crippen LogP contribution is 2.46. The fourth-order valence-corrected chi connectivity index (χ4v) is 11.9. The molecule has 81 heavy (non-hydrogen) atoms. The van der Waals surface area contributed by atoms with E-state index in [2.05, 4.69) is 0 Å². The van der Waals surface area contributed by atoms with Crippen LogP contribution in [0, 0.1) is 5.92 Å². The molecule has 25 atom stereocenters. The molecule has 5 aliphatic heterocycles. The second-order valence-corrected chi connectivity index (χ2v) is 22.5. The normalized spacial score (nSPS) is 40.4. The van der Waals surface area contributed by atoms with Gasteiger partial charge in [0.05, 0.1) is 65.9 Å². The first-order valence-electron chi connectivity index (χ1n) is 27.4. The van der Waals surface area contributed by atoms with E-state index >= 15 is 4.79 Å². The van der Waals surface area contributed by atoms with Crippen LogP contribution in [-0.4, -0.2) is 223 Å². The fraction of sp³-hybridized carbons (Fsp3) is 0.745. The SMILES string of the molecule is COC(C(=O)C(O)C(C)O)C1Cc2cc3cc(OC4CC(OC5CC(O)C(O)C(C)O5)C(OC(C)=O)C(C)O4)cc(O)c3c(O)c2C(=O)C1OC1CC(OC2CC(OC3CC(C)(O)C(OC(C)=O)C(C)O3)C(O)C(C)O2)C(O)C(C)O1. The number of fused-ring (bicyclic) bond motifs is 2. The molecule has 9 N–H and O–H groups in total. The van der Waals surface area contributed by atoms with Crippen LogP contribution in [0.3, 0.4) is 0 Å². The van der Waals surface area contributed by atoms with Crippen molar-refractivity contribution in [3.05, 3.63) is 29.3 Å². The Bertz CT molecular complexity index is 2550. The third-order valence-corrected chi connectivity index (χ3v) is 16.0. The van der Waals surface area contributed by atoms with Crippen LogP contribution >= 0.6 is 0 Å². The number of carbonyl (C=O) groups excluding carboxylic acids is 4. The van der Waals surface area contributed by atoms with E-state index in [1.807, 2.05) is 0 Å². The molecule has 26 heteroatoms. The number of ether oxygens (including phenoxy) is 13. The average molecular weight is 1160 g/mol. The number of aliphatic hydroxyl groups is 7. The van der Waals surface area contributed by atoms with Gasteiger partial charge in [-0.3, -0.25) is 19.2 Å². The molecule has 8 rings (SSSR count). The van der Waals surface area contributed by atoms with Gasteiger partial charge < -0.3 is 108 Å². The minimum absolute atomic E-state index is 0.0277. The molecule has 26 nitrogen and oxygen atoms in total. The molecule has 5 fully saturated rings. The number of ketones is 2. The van der Waals surface area contributed by atoms with Crippen molar-refractivity contribution >= 4 is 34.3 Å². The highest BCUT2D eigenvalue weighted by molar-refractivity contribution is 6.11. The van der Waals surface area contributed by atoms with Crippen molar-refractivity contribution in [3.63, 3.8) is 0 Å². The Kier molecular flexibility index (Phi) is 19.8. The predicted molar refractivity (Wildman–Crippen MR) is 273 cm³/mol. The van der Waals surface area contributed by atoms with Crippen LogP contribution in [0.5, 0.6) is 17.2 Å². The second-order valence-electron chi connectivity index (χ2n) is 22.5. The highest BCUT2D eigenvalue weighted by Gasteiger charge is 2.52. The summed E-state index contributed by atoms with van der Waals surface area (Å²) in [5, 5.41) is 99.3. The number of aromatic hydroxyl groups is 2. The van der Waals surface area contributed by atoms with Crippen LogP contribution in [0.1, 0.15) is 110 Å². The standard InChI is InChI=1S/C55H78O26/c1-20(56)44(61)50(67)52(69-10)31-13-29-11-28-12-30(77-38-18-36(51(24(5)73-38)75-26(7)57)80-37-15-33(60)45(62)21(2)70-37)14-32(59)42(28)48(65)43(29)49(66)53(31)81-40-17-34(46(63)23(4)72-40)78-39-16-35(47(64)22(3)71-39)79-41-19-55(9,68)54(25(6)74-41)76-27(8)58/h11-12,14,20-25,31,33-41,44-47,51-54,56,59-65,68H,13,15-19H2,1-10H3. The van der Waals surface area contributed by atoms with Gasteiger partial charge in [0.2, 0.25) is 6.29 Å². The van der Waals surface area contributed by atoms with E-state index in [1.165, 1.54) is 59.9 Å². The molecule has 1 aliphatic carbocycles. The zero-order valence-corrected chi connectivity index (χ0v) is 46.8. The van der Waals surface area contributed by atoms with Gasteiger partial charge >= 0.3 is 11.9 Å². The maximum atomic E-state index is 15.0. The Morgan fingerprint density at radius 2 is 1.21 bits per heavy atom. The lowest BCUT2D eigenvalue weighted by Gasteiger charge is -2.46. The summed E-state index contributed by atoms with van der Waals surface area (Å²) in [7, 11) is 1.17. The molecule has 454 valence electrons. The zero-order valence-electron chi connectivity index (χ0n) is 46.8. The molecule has 25 unspecified atom stereocenters. The first-order chi connectivity index (χ1) is 38.0. The van der Waals surface area contributed by atoms with Crippen LogP contribution in [0.4, 0.5) is 0 Å². The summed E-state index contributed by atoms with van der Waals surface area (Å²) in [6, 6.07) is 4.15. The van der Waals surface area contributed by atoms with Crippen molar-refractivity contribution in [2.75, 3.05) is 7.11 Å². The molecule has 0 amide bonds. The number of carbonyl (C=O) groups is 4. The molecule has 0 radical (unpaired) electrons. The number of hydrogen-bond acceptors (Lipinski definition) is 26. The topological polar surface area (TPSA) is 370 Å². The summed E-state index contributed by atoms with van der Waals surface area (Å²) in [6.45, 7) is 13.0. The molecule has 5 heterocycles. The van der Waals surface area contributed by atoms with Crippen molar-refractivity contribution in [2.24, 2.45) is 5.92 Å². The summed E-state index contributed by atoms with van der Waals surface area (Å²) >= 11 is 0. The summed E-state index contributed by atoms with van der Waals surface area (Å²) in [4.78, 5) is 52.9. The van der Waals surface area contributed by atoms with Gasteiger partial charge in [0.25, 0.3) is 0 Å². The smallest absolute Gasteiger partial charge is 0.303 e. The monoisotopic (exact) mass is 1150 g/mol. The Hall–Kier alpha value is -4.30. The molecule has 0 bridgehead atoms. The van der Waals surface area contributed by atoms with E-state index in [-0.39, 0.29) is 66.2 Å². The number of phenolic OH excluding ortho intramolecular Hbond substituents is 2.